The highest BCUT2D eigenvalue weighted by atomic mass is 16.4. The lowest BCUT2D eigenvalue weighted by atomic mass is 10.00. The van der Waals surface area contributed by atoms with Gasteiger partial charge in [0.15, 0.2) is 0 Å². The third kappa shape index (κ3) is 2.27. The molecule has 0 aliphatic carbocycles. The molecule has 0 atom stereocenters. The van der Waals surface area contributed by atoms with Gasteiger partial charge in [0.25, 0.3) is 0 Å². The number of nitrogens with zero attached hydrogens (tertiary/aromatic N) is 2. The molecule has 1 aromatic heterocycles. The van der Waals surface area contributed by atoms with Gasteiger partial charge in [-0.2, -0.15) is 0 Å². The van der Waals surface area contributed by atoms with E-state index in [1.54, 1.807) is 6.92 Å². The Hall–Kier alpha value is -2.94. The van der Waals surface area contributed by atoms with Crippen molar-refractivity contribution in [3.63, 3.8) is 0 Å². The minimum absolute atomic E-state index is 0.562. The summed E-state index contributed by atoms with van der Waals surface area (Å²) in [5.41, 5.74) is 3.39. The van der Waals surface area contributed by atoms with Crippen molar-refractivity contribution >= 4 is 10.8 Å². The van der Waals surface area contributed by atoms with Crippen LogP contribution >= 0.6 is 0 Å². The van der Waals surface area contributed by atoms with Gasteiger partial charge >= 0.3 is 0 Å². The van der Waals surface area contributed by atoms with Crippen LogP contribution in [0, 0.1) is 6.92 Å². The van der Waals surface area contributed by atoms with Crippen molar-refractivity contribution in [2.45, 2.75) is 6.92 Å². The molecule has 0 amide bonds. The quantitative estimate of drug-likeness (QED) is 0.528. The number of aryl methyl sites for hydroxylation is 1. The Morgan fingerprint density at radius 2 is 1.36 bits per heavy atom. The van der Waals surface area contributed by atoms with Crippen molar-refractivity contribution in [3.05, 3.63) is 72.6 Å². The normalized spacial score (nSPS) is 11.0. The molecule has 0 saturated heterocycles. The van der Waals surface area contributed by atoms with Crippen LogP contribution in [0.4, 0.5) is 0 Å². The molecule has 0 bridgehead atoms. The zero-order chi connectivity index (χ0) is 14.9. The molecule has 0 radical (unpaired) electrons. The van der Waals surface area contributed by atoms with E-state index < -0.39 is 0 Å². The average Bonchev–Trinajstić information content (AvgIpc) is 3.01. The van der Waals surface area contributed by atoms with E-state index in [-0.39, 0.29) is 0 Å². The molecule has 3 heteroatoms. The Morgan fingerprint density at radius 1 is 0.682 bits per heavy atom. The van der Waals surface area contributed by atoms with Gasteiger partial charge in [0.2, 0.25) is 11.8 Å². The van der Waals surface area contributed by atoms with Crippen LogP contribution in [0.2, 0.25) is 0 Å². The number of benzene rings is 3. The summed E-state index contributed by atoms with van der Waals surface area (Å²) in [6, 6.07) is 23.0. The third-order valence-corrected chi connectivity index (χ3v) is 3.72. The van der Waals surface area contributed by atoms with Crippen LogP contribution in [0.25, 0.3) is 33.4 Å². The lowest BCUT2D eigenvalue weighted by Gasteiger charge is -2.05. The van der Waals surface area contributed by atoms with E-state index >= 15 is 0 Å². The van der Waals surface area contributed by atoms with Crippen molar-refractivity contribution in [3.8, 4) is 22.6 Å². The van der Waals surface area contributed by atoms with Crippen molar-refractivity contribution in [1.82, 2.24) is 10.2 Å². The number of hydrogen-bond donors (Lipinski definition) is 0. The molecule has 3 aromatic carbocycles. The smallest absolute Gasteiger partial charge is 0.247 e. The minimum Gasteiger partial charge on any atom is -0.421 e. The second-order valence-corrected chi connectivity index (χ2v) is 5.27. The zero-order valence-electron chi connectivity index (χ0n) is 12.2. The SMILES string of the molecule is Cc1nnc(-c2ccc3cc(-c4ccccc4)ccc3c2)o1. The van der Waals surface area contributed by atoms with Gasteiger partial charge in [-0.15, -0.1) is 10.2 Å². The fraction of sp³-hybridized carbons (Fsp3) is 0.0526. The minimum atomic E-state index is 0.562. The number of rotatable bonds is 2. The second kappa shape index (κ2) is 5.11. The summed E-state index contributed by atoms with van der Waals surface area (Å²) in [7, 11) is 0. The third-order valence-electron chi connectivity index (χ3n) is 3.72. The summed E-state index contributed by atoms with van der Waals surface area (Å²) in [5.74, 6) is 1.14. The lowest BCUT2D eigenvalue weighted by Crippen LogP contribution is -1.81. The Balaban J connectivity index is 1.79. The van der Waals surface area contributed by atoms with E-state index in [0.717, 1.165) is 10.9 Å². The van der Waals surface area contributed by atoms with Crippen LogP contribution in [-0.2, 0) is 0 Å². The Bertz CT molecular complexity index is 942. The van der Waals surface area contributed by atoms with Crippen molar-refractivity contribution in [2.75, 3.05) is 0 Å². The lowest BCUT2D eigenvalue weighted by molar-refractivity contribution is 0.533. The highest BCUT2D eigenvalue weighted by molar-refractivity contribution is 5.90. The van der Waals surface area contributed by atoms with Crippen LogP contribution in [0.1, 0.15) is 5.89 Å². The fourth-order valence-corrected chi connectivity index (χ4v) is 2.60. The molecule has 0 unspecified atom stereocenters. The van der Waals surface area contributed by atoms with Crippen molar-refractivity contribution < 1.29 is 4.42 Å². The molecule has 3 nitrogen and oxygen atoms in total. The molecule has 106 valence electrons. The van der Waals surface area contributed by atoms with Gasteiger partial charge in [-0.3, -0.25) is 0 Å². The molecular formula is C19H14N2O. The molecule has 4 rings (SSSR count). The molecule has 22 heavy (non-hydrogen) atoms. The highest BCUT2D eigenvalue weighted by Gasteiger charge is 2.07. The highest BCUT2D eigenvalue weighted by Crippen LogP contribution is 2.27. The Morgan fingerprint density at radius 3 is 2.05 bits per heavy atom. The van der Waals surface area contributed by atoms with E-state index in [4.69, 9.17) is 4.42 Å². The zero-order valence-corrected chi connectivity index (χ0v) is 12.2. The van der Waals surface area contributed by atoms with Crippen LogP contribution in [0.15, 0.2) is 71.1 Å². The summed E-state index contributed by atoms with van der Waals surface area (Å²) in [4.78, 5) is 0. The molecule has 0 aliphatic heterocycles. The van der Waals surface area contributed by atoms with Gasteiger partial charge in [-0.05, 0) is 40.1 Å². The van der Waals surface area contributed by atoms with Crippen LogP contribution in [-0.4, -0.2) is 10.2 Å². The summed E-state index contributed by atoms with van der Waals surface area (Å²) in [6.45, 7) is 1.80. The molecule has 4 aromatic rings. The van der Waals surface area contributed by atoms with Gasteiger partial charge in [0.05, 0.1) is 0 Å². The maximum Gasteiger partial charge on any atom is 0.247 e. The maximum atomic E-state index is 5.49. The van der Waals surface area contributed by atoms with Gasteiger partial charge < -0.3 is 4.42 Å². The molecule has 0 N–H and O–H groups in total. The monoisotopic (exact) mass is 286 g/mol. The summed E-state index contributed by atoms with van der Waals surface area (Å²) >= 11 is 0. The van der Waals surface area contributed by atoms with Crippen molar-refractivity contribution in [1.29, 1.82) is 0 Å². The fourth-order valence-electron chi connectivity index (χ4n) is 2.60. The van der Waals surface area contributed by atoms with Crippen LogP contribution in [0.5, 0.6) is 0 Å². The first kappa shape index (κ1) is 12.8. The first-order chi connectivity index (χ1) is 10.8. The number of hydrogen-bond acceptors (Lipinski definition) is 3. The van der Waals surface area contributed by atoms with Gasteiger partial charge in [0.1, 0.15) is 0 Å². The molecule has 0 fully saturated rings. The van der Waals surface area contributed by atoms with Crippen LogP contribution < -0.4 is 0 Å². The Labute approximate surface area is 128 Å². The second-order valence-electron chi connectivity index (χ2n) is 5.27. The summed E-state index contributed by atoms with van der Waals surface area (Å²) in [5, 5.41) is 10.3. The van der Waals surface area contributed by atoms with Gasteiger partial charge in [0, 0.05) is 12.5 Å². The first-order valence-corrected chi connectivity index (χ1v) is 7.19. The molecule has 0 saturated carbocycles. The molecule has 0 spiro atoms. The number of aromatic nitrogens is 2. The van der Waals surface area contributed by atoms with E-state index in [2.05, 4.69) is 64.8 Å². The largest absolute Gasteiger partial charge is 0.421 e. The van der Waals surface area contributed by atoms with Gasteiger partial charge in [-0.25, -0.2) is 0 Å². The predicted octanol–water partition coefficient (Wildman–Crippen LogP) is 4.87. The standard InChI is InChI=1S/C19H14N2O/c1-13-20-21-19(22-13)18-10-9-16-11-15(7-8-17(16)12-18)14-5-3-2-4-6-14/h2-12H,1H3. The summed E-state index contributed by atoms with van der Waals surface area (Å²) < 4.78 is 5.49. The van der Waals surface area contributed by atoms with Gasteiger partial charge in [-0.1, -0.05) is 48.5 Å². The van der Waals surface area contributed by atoms with E-state index in [1.807, 2.05) is 12.1 Å². The number of fused-ring (bicyclic) bond motifs is 1. The Kier molecular flexibility index (Phi) is 2.97. The van der Waals surface area contributed by atoms with Crippen LogP contribution in [0.3, 0.4) is 0 Å². The first-order valence-electron chi connectivity index (χ1n) is 7.19. The molecule has 1 heterocycles. The van der Waals surface area contributed by atoms with Crippen molar-refractivity contribution in [2.24, 2.45) is 0 Å². The topological polar surface area (TPSA) is 38.9 Å². The van der Waals surface area contributed by atoms with E-state index in [0.29, 0.717) is 11.8 Å². The predicted molar refractivity (Wildman–Crippen MR) is 87.4 cm³/mol. The molecule has 0 aliphatic rings. The maximum absolute atomic E-state index is 5.49. The van der Waals surface area contributed by atoms with E-state index in [9.17, 15) is 0 Å². The molecular weight excluding hydrogens is 272 g/mol. The van der Waals surface area contributed by atoms with E-state index in [1.165, 1.54) is 16.5 Å². The summed E-state index contributed by atoms with van der Waals surface area (Å²) in [6.07, 6.45) is 0. The average molecular weight is 286 g/mol.